The lowest BCUT2D eigenvalue weighted by molar-refractivity contribution is 0.355. The summed E-state index contributed by atoms with van der Waals surface area (Å²) in [5.41, 5.74) is 9.04. The number of aliphatic imine (C=N–C) groups is 1. The summed E-state index contributed by atoms with van der Waals surface area (Å²) in [6, 6.07) is 11.6. The molecule has 0 fully saturated rings. The first-order valence-electron chi connectivity index (χ1n) is 7.07. The van der Waals surface area contributed by atoms with Crippen LogP contribution in [0, 0.1) is 6.92 Å². The van der Waals surface area contributed by atoms with E-state index in [0.717, 1.165) is 15.7 Å². The van der Waals surface area contributed by atoms with Crippen molar-refractivity contribution in [1.29, 1.82) is 0 Å². The van der Waals surface area contributed by atoms with Crippen molar-refractivity contribution in [2.45, 2.75) is 13.5 Å². The average molecular weight is 378 g/mol. The Bertz CT molecular complexity index is 717. The van der Waals surface area contributed by atoms with Gasteiger partial charge in [-0.1, -0.05) is 22.0 Å². The Morgan fingerprint density at radius 2 is 1.87 bits per heavy atom. The standard InChI is InChI=1S/C17H20BrN3O2/c1-11-8-13(18)5-4-12(11)10-20-17(19)21-14-6-7-15(22-2)16(9-14)23-3/h4-9H,10H2,1-3H3,(H3,19,20,21). The van der Waals surface area contributed by atoms with Gasteiger partial charge in [0.2, 0.25) is 0 Å². The maximum absolute atomic E-state index is 5.95. The van der Waals surface area contributed by atoms with Crippen molar-refractivity contribution in [1.82, 2.24) is 0 Å². The highest BCUT2D eigenvalue weighted by Crippen LogP contribution is 2.29. The van der Waals surface area contributed by atoms with Gasteiger partial charge in [-0.05, 0) is 42.3 Å². The Labute approximate surface area is 144 Å². The van der Waals surface area contributed by atoms with E-state index in [1.165, 1.54) is 5.56 Å². The maximum atomic E-state index is 5.95. The highest BCUT2D eigenvalue weighted by molar-refractivity contribution is 9.10. The van der Waals surface area contributed by atoms with E-state index in [0.29, 0.717) is 24.0 Å². The van der Waals surface area contributed by atoms with Crippen LogP contribution >= 0.6 is 15.9 Å². The smallest absolute Gasteiger partial charge is 0.193 e. The summed E-state index contributed by atoms with van der Waals surface area (Å²) in [6.45, 7) is 2.57. The lowest BCUT2D eigenvalue weighted by Gasteiger charge is -2.11. The van der Waals surface area contributed by atoms with Gasteiger partial charge in [0.15, 0.2) is 17.5 Å². The molecule has 0 spiro atoms. The number of anilines is 1. The highest BCUT2D eigenvalue weighted by Gasteiger charge is 2.05. The number of hydrogen-bond donors (Lipinski definition) is 2. The van der Waals surface area contributed by atoms with E-state index >= 15 is 0 Å². The first kappa shape index (κ1) is 17.1. The second-order valence-electron chi connectivity index (χ2n) is 4.97. The van der Waals surface area contributed by atoms with E-state index < -0.39 is 0 Å². The molecule has 0 saturated carbocycles. The molecule has 0 amide bonds. The molecular formula is C17H20BrN3O2. The lowest BCUT2D eigenvalue weighted by atomic mass is 10.1. The minimum atomic E-state index is 0.347. The molecule has 122 valence electrons. The number of aryl methyl sites for hydroxylation is 1. The Morgan fingerprint density at radius 3 is 2.52 bits per heavy atom. The molecule has 5 nitrogen and oxygen atoms in total. The molecule has 0 radical (unpaired) electrons. The van der Waals surface area contributed by atoms with Crippen LogP contribution in [0.25, 0.3) is 0 Å². The number of guanidine groups is 1. The summed E-state index contributed by atoms with van der Waals surface area (Å²) in [6.07, 6.45) is 0. The lowest BCUT2D eigenvalue weighted by Crippen LogP contribution is -2.22. The van der Waals surface area contributed by atoms with E-state index in [-0.39, 0.29) is 0 Å². The van der Waals surface area contributed by atoms with E-state index in [1.807, 2.05) is 37.3 Å². The van der Waals surface area contributed by atoms with Crippen LogP contribution in [0.2, 0.25) is 0 Å². The van der Waals surface area contributed by atoms with Crippen molar-refractivity contribution in [3.05, 3.63) is 52.0 Å². The predicted molar refractivity (Wildman–Crippen MR) is 97.4 cm³/mol. The Balaban J connectivity index is 2.07. The number of nitrogens with one attached hydrogen (secondary N) is 1. The van der Waals surface area contributed by atoms with Crippen molar-refractivity contribution in [3.63, 3.8) is 0 Å². The Hall–Kier alpha value is -2.21. The zero-order valence-corrected chi connectivity index (χ0v) is 15.0. The summed E-state index contributed by atoms with van der Waals surface area (Å²) in [5, 5.41) is 3.05. The van der Waals surface area contributed by atoms with Crippen LogP contribution < -0.4 is 20.5 Å². The van der Waals surface area contributed by atoms with Crippen molar-refractivity contribution in [2.24, 2.45) is 10.7 Å². The molecule has 0 atom stereocenters. The molecule has 2 rings (SSSR count). The second kappa shape index (κ2) is 7.87. The Morgan fingerprint density at radius 1 is 1.13 bits per heavy atom. The average Bonchev–Trinajstić information content (AvgIpc) is 2.54. The zero-order valence-electron chi connectivity index (χ0n) is 13.4. The van der Waals surface area contributed by atoms with Crippen molar-refractivity contribution in [2.75, 3.05) is 19.5 Å². The molecule has 2 aromatic rings. The van der Waals surface area contributed by atoms with Crippen LogP contribution in [-0.2, 0) is 6.54 Å². The van der Waals surface area contributed by atoms with Gasteiger partial charge < -0.3 is 20.5 Å². The molecule has 0 aliphatic heterocycles. The number of rotatable bonds is 5. The topological polar surface area (TPSA) is 68.9 Å². The van der Waals surface area contributed by atoms with Gasteiger partial charge in [0.05, 0.1) is 20.8 Å². The number of hydrogen-bond acceptors (Lipinski definition) is 3. The minimum Gasteiger partial charge on any atom is -0.493 e. The van der Waals surface area contributed by atoms with Crippen LogP contribution in [0.5, 0.6) is 11.5 Å². The second-order valence-corrected chi connectivity index (χ2v) is 5.88. The van der Waals surface area contributed by atoms with Crippen LogP contribution in [0.3, 0.4) is 0 Å². The number of methoxy groups -OCH3 is 2. The summed E-state index contributed by atoms with van der Waals surface area (Å²) >= 11 is 3.45. The third-order valence-corrected chi connectivity index (χ3v) is 3.87. The van der Waals surface area contributed by atoms with Gasteiger partial charge in [-0.25, -0.2) is 4.99 Å². The highest BCUT2D eigenvalue weighted by atomic mass is 79.9. The third kappa shape index (κ3) is 4.63. The molecule has 0 saturated heterocycles. The SMILES string of the molecule is COc1ccc(NC(N)=NCc2ccc(Br)cc2C)cc1OC. The normalized spacial score (nSPS) is 11.2. The van der Waals surface area contributed by atoms with Crippen LogP contribution in [0.15, 0.2) is 45.9 Å². The molecule has 0 heterocycles. The molecule has 6 heteroatoms. The number of ether oxygens (including phenoxy) is 2. The number of nitrogens with two attached hydrogens (primary N) is 1. The fourth-order valence-corrected chi connectivity index (χ4v) is 2.58. The van der Waals surface area contributed by atoms with Gasteiger partial charge in [-0.3, -0.25) is 0 Å². The van der Waals surface area contributed by atoms with Gasteiger partial charge in [0.25, 0.3) is 0 Å². The number of nitrogens with zero attached hydrogens (tertiary/aromatic N) is 1. The fraction of sp³-hybridized carbons (Fsp3) is 0.235. The first-order chi connectivity index (χ1) is 11.0. The minimum absolute atomic E-state index is 0.347. The zero-order chi connectivity index (χ0) is 16.8. The van der Waals surface area contributed by atoms with E-state index in [4.69, 9.17) is 15.2 Å². The molecule has 0 unspecified atom stereocenters. The van der Waals surface area contributed by atoms with Gasteiger partial charge in [-0.2, -0.15) is 0 Å². The maximum Gasteiger partial charge on any atom is 0.193 e. The van der Waals surface area contributed by atoms with Crippen LogP contribution in [0.1, 0.15) is 11.1 Å². The van der Waals surface area contributed by atoms with Crippen LogP contribution in [0.4, 0.5) is 5.69 Å². The fourth-order valence-electron chi connectivity index (χ4n) is 2.11. The van der Waals surface area contributed by atoms with Gasteiger partial charge >= 0.3 is 0 Å². The summed E-state index contributed by atoms with van der Waals surface area (Å²) in [5.74, 6) is 1.65. The molecule has 0 aliphatic rings. The predicted octanol–water partition coefficient (Wildman–Crippen LogP) is 3.70. The molecule has 23 heavy (non-hydrogen) atoms. The first-order valence-corrected chi connectivity index (χ1v) is 7.86. The van der Waals surface area contributed by atoms with Crippen LogP contribution in [-0.4, -0.2) is 20.2 Å². The van der Waals surface area contributed by atoms with Gasteiger partial charge in [0, 0.05) is 16.2 Å². The molecule has 2 aromatic carbocycles. The van der Waals surface area contributed by atoms with Gasteiger partial charge in [-0.15, -0.1) is 0 Å². The monoisotopic (exact) mass is 377 g/mol. The summed E-state index contributed by atoms with van der Waals surface area (Å²) < 4.78 is 11.5. The van der Waals surface area contributed by atoms with Crippen molar-refractivity contribution >= 4 is 27.6 Å². The van der Waals surface area contributed by atoms with Crippen molar-refractivity contribution < 1.29 is 9.47 Å². The number of halogens is 1. The number of benzene rings is 2. The molecule has 3 N–H and O–H groups in total. The molecular weight excluding hydrogens is 358 g/mol. The molecule has 0 aromatic heterocycles. The van der Waals surface area contributed by atoms with E-state index in [2.05, 4.69) is 32.3 Å². The Kier molecular flexibility index (Phi) is 5.87. The summed E-state index contributed by atoms with van der Waals surface area (Å²) in [4.78, 5) is 4.37. The van der Waals surface area contributed by atoms with Crippen molar-refractivity contribution in [3.8, 4) is 11.5 Å². The molecule has 0 bridgehead atoms. The van der Waals surface area contributed by atoms with E-state index in [1.54, 1.807) is 14.2 Å². The largest absolute Gasteiger partial charge is 0.493 e. The summed E-state index contributed by atoms with van der Waals surface area (Å²) in [7, 11) is 3.19. The van der Waals surface area contributed by atoms with Gasteiger partial charge in [0.1, 0.15) is 0 Å². The third-order valence-electron chi connectivity index (χ3n) is 3.38. The molecule has 0 aliphatic carbocycles. The quantitative estimate of drug-likeness (QED) is 0.615. The van der Waals surface area contributed by atoms with E-state index in [9.17, 15) is 0 Å².